The SMILES string of the molecule is CCc1c(F)cc(N)cc1Cl. The monoisotopic (exact) mass is 173 g/mol. The molecule has 11 heavy (non-hydrogen) atoms. The van der Waals surface area contributed by atoms with Gasteiger partial charge in [0.25, 0.3) is 0 Å². The topological polar surface area (TPSA) is 26.0 Å². The van der Waals surface area contributed by atoms with Crippen LogP contribution in [0.1, 0.15) is 12.5 Å². The van der Waals surface area contributed by atoms with Crippen molar-refractivity contribution < 1.29 is 4.39 Å². The molecule has 0 aliphatic rings. The Balaban J connectivity index is 3.25. The molecule has 0 saturated carbocycles. The number of anilines is 1. The zero-order chi connectivity index (χ0) is 8.43. The van der Waals surface area contributed by atoms with Crippen molar-refractivity contribution >= 4 is 17.3 Å². The van der Waals surface area contributed by atoms with Gasteiger partial charge < -0.3 is 5.73 Å². The van der Waals surface area contributed by atoms with Gasteiger partial charge in [-0.3, -0.25) is 0 Å². The fourth-order valence-electron chi connectivity index (χ4n) is 0.960. The summed E-state index contributed by atoms with van der Waals surface area (Å²) in [6.45, 7) is 1.85. The third kappa shape index (κ3) is 1.63. The van der Waals surface area contributed by atoms with E-state index in [9.17, 15) is 4.39 Å². The van der Waals surface area contributed by atoms with Crippen LogP contribution in [-0.2, 0) is 6.42 Å². The fourth-order valence-corrected chi connectivity index (χ4v) is 1.31. The summed E-state index contributed by atoms with van der Waals surface area (Å²) in [6, 6.07) is 2.84. The molecule has 2 N–H and O–H groups in total. The number of hydrogen-bond donors (Lipinski definition) is 1. The maximum absolute atomic E-state index is 12.9. The van der Waals surface area contributed by atoms with Crippen molar-refractivity contribution in [1.82, 2.24) is 0 Å². The summed E-state index contributed by atoms with van der Waals surface area (Å²) < 4.78 is 12.9. The Bertz CT molecular complexity index is 250. The lowest BCUT2D eigenvalue weighted by Crippen LogP contribution is -1.93. The maximum atomic E-state index is 12.9. The van der Waals surface area contributed by atoms with Crippen LogP contribution < -0.4 is 5.73 Å². The molecule has 0 aromatic heterocycles. The summed E-state index contributed by atoms with van der Waals surface area (Å²) in [5.74, 6) is -0.322. The lowest BCUT2D eigenvalue weighted by Gasteiger charge is -2.03. The molecular formula is C8H9ClFN. The van der Waals surface area contributed by atoms with Gasteiger partial charge in [0.15, 0.2) is 0 Å². The Labute approximate surface area is 70.0 Å². The molecule has 0 unspecified atom stereocenters. The van der Waals surface area contributed by atoms with Crippen LogP contribution >= 0.6 is 11.6 Å². The molecular weight excluding hydrogens is 165 g/mol. The second-order valence-electron chi connectivity index (χ2n) is 2.32. The van der Waals surface area contributed by atoms with Crippen molar-refractivity contribution in [2.45, 2.75) is 13.3 Å². The minimum absolute atomic E-state index is 0.322. The summed E-state index contributed by atoms with van der Waals surface area (Å²) in [5.41, 5.74) is 6.25. The first-order chi connectivity index (χ1) is 5.15. The summed E-state index contributed by atoms with van der Waals surface area (Å²) in [6.07, 6.45) is 0.588. The minimum atomic E-state index is -0.322. The first kappa shape index (κ1) is 8.34. The highest BCUT2D eigenvalue weighted by molar-refractivity contribution is 6.31. The van der Waals surface area contributed by atoms with E-state index in [1.807, 2.05) is 6.92 Å². The number of hydrogen-bond acceptors (Lipinski definition) is 1. The molecule has 0 aliphatic heterocycles. The molecule has 60 valence electrons. The van der Waals surface area contributed by atoms with Gasteiger partial charge in [-0.2, -0.15) is 0 Å². The molecule has 0 aliphatic carbocycles. The molecule has 1 rings (SSSR count). The van der Waals surface area contributed by atoms with E-state index in [1.54, 1.807) is 6.07 Å². The molecule has 3 heteroatoms. The molecule has 0 heterocycles. The predicted molar refractivity (Wildman–Crippen MR) is 45.2 cm³/mol. The highest BCUT2D eigenvalue weighted by Gasteiger charge is 2.05. The second kappa shape index (κ2) is 3.09. The fraction of sp³-hybridized carbons (Fsp3) is 0.250. The van der Waals surface area contributed by atoms with Gasteiger partial charge in [-0.25, -0.2) is 4.39 Å². The van der Waals surface area contributed by atoms with Crippen LogP contribution in [0.4, 0.5) is 10.1 Å². The Kier molecular flexibility index (Phi) is 2.35. The largest absolute Gasteiger partial charge is 0.399 e. The lowest BCUT2D eigenvalue weighted by atomic mass is 10.1. The predicted octanol–water partition coefficient (Wildman–Crippen LogP) is 2.62. The van der Waals surface area contributed by atoms with Gasteiger partial charge in [0, 0.05) is 16.3 Å². The quantitative estimate of drug-likeness (QED) is 0.650. The van der Waals surface area contributed by atoms with E-state index in [4.69, 9.17) is 17.3 Å². The van der Waals surface area contributed by atoms with Crippen molar-refractivity contribution in [1.29, 1.82) is 0 Å². The maximum Gasteiger partial charge on any atom is 0.129 e. The van der Waals surface area contributed by atoms with E-state index in [2.05, 4.69) is 0 Å². The molecule has 0 atom stereocenters. The molecule has 1 aromatic rings. The summed E-state index contributed by atoms with van der Waals surface area (Å²) in [7, 11) is 0. The molecule has 0 bridgehead atoms. The molecule has 0 amide bonds. The van der Waals surface area contributed by atoms with Crippen LogP contribution in [0.2, 0.25) is 5.02 Å². The zero-order valence-electron chi connectivity index (χ0n) is 6.20. The van der Waals surface area contributed by atoms with Crippen molar-refractivity contribution in [3.05, 3.63) is 28.5 Å². The number of halogens is 2. The highest BCUT2D eigenvalue weighted by Crippen LogP contribution is 2.22. The number of benzene rings is 1. The Morgan fingerprint density at radius 1 is 1.55 bits per heavy atom. The van der Waals surface area contributed by atoms with E-state index in [-0.39, 0.29) is 5.82 Å². The van der Waals surface area contributed by atoms with Gasteiger partial charge in [0.1, 0.15) is 5.82 Å². The number of nitrogen functional groups attached to an aromatic ring is 1. The Morgan fingerprint density at radius 3 is 2.64 bits per heavy atom. The second-order valence-corrected chi connectivity index (χ2v) is 2.72. The van der Waals surface area contributed by atoms with E-state index in [0.717, 1.165) is 0 Å². The van der Waals surface area contributed by atoms with E-state index in [0.29, 0.717) is 22.7 Å². The molecule has 0 saturated heterocycles. The molecule has 0 radical (unpaired) electrons. The van der Waals surface area contributed by atoms with E-state index in [1.165, 1.54) is 6.07 Å². The van der Waals surface area contributed by atoms with E-state index >= 15 is 0 Å². The van der Waals surface area contributed by atoms with Crippen molar-refractivity contribution in [3.63, 3.8) is 0 Å². The standard InChI is InChI=1S/C8H9ClFN/c1-2-6-7(9)3-5(11)4-8(6)10/h3-4H,2,11H2,1H3. The summed E-state index contributed by atoms with van der Waals surface area (Å²) >= 11 is 5.71. The lowest BCUT2D eigenvalue weighted by molar-refractivity contribution is 0.613. The third-order valence-electron chi connectivity index (χ3n) is 1.52. The Morgan fingerprint density at radius 2 is 2.18 bits per heavy atom. The van der Waals surface area contributed by atoms with Crippen LogP contribution in [0.3, 0.4) is 0 Å². The van der Waals surface area contributed by atoms with Gasteiger partial charge in [0.05, 0.1) is 0 Å². The van der Waals surface area contributed by atoms with Crippen molar-refractivity contribution in [2.75, 3.05) is 5.73 Å². The summed E-state index contributed by atoms with van der Waals surface area (Å²) in [4.78, 5) is 0. The van der Waals surface area contributed by atoms with Crippen molar-refractivity contribution in [2.24, 2.45) is 0 Å². The van der Waals surface area contributed by atoms with Gasteiger partial charge in [-0.05, 0) is 18.6 Å². The molecule has 0 spiro atoms. The Hall–Kier alpha value is -0.760. The van der Waals surface area contributed by atoms with Gasteiger partial charge in [0.2, 0.25) is 0 Å². The molecule has 0 fully saturated rings. The average molecular weight is 174 g/mol. The first-order valence-corrected chi connectivity index (χ1v) is 3.76. The van der Waals surface area contributed by atoms with E-state index < -0.39 is 0 Å². The van der Waals surface area contributed by atoms with Gasteiger partial charge in [-0.1, -0.05) is 18.5 Å². The van der Waals surface area contributed by atoms with Gasteiger partial charge >= 0.3 is 0 Å². The highest BCUT2D eigenvalue weighted by atomic mass is 35.5. The third-order valence-corrected chi connectivity index (χ3v) is 1.85. The summed E-state index contributed by atoms with van der Waals surface area (Å²) in [5, 5.41) is 0.407. The minimum Gasteiger partial charge on any atom is -0.399 e. The smallest absolute Gasteiger partial charge is 0.129 e. The molecule has 1 aromatic carbocycles. The van der Waals surface area contributed by atoms with Crippen LogP contribution in [0, 0.1) is 5.82 Å². The normalized spacial score (nSPS) is 10.1. The zero-order valence-corrected chi connectivity index (χ0v) is 6.95. The average Bonchev–Trinajstić information content (AvgIpc) is 1.85. The van der Waals surface area contributed by atoms with Crippen LogP contribution in [-0.4, -0.2) is 0 Å². The molecule has 1 nitrogen and oxygen atoms in total. The van der Waals surface area contributed by atoms with Crippen molar-refractivity contribution in [3.8, 4) is 0 Å². The first-order valence-electron chi connectivity index (χ1n) is 3.38. The number of nitrogens with two attached hydrogens (primary N) is 1. The van der Waals surface area contributed by atoms with Crippen LogP contribution in [0.25, 0.3) is 0 Å². The number of rotatable bonds is 1. The van der Waals surface area contributed by atoms with Gasteiger partial charge in [-0.15, -0.1) is 0 Å². The van der Waals surface area contributed by atoms with Crippen LogP contribution in [0.5, 0.6) is 0 Å². The van der Waals surface area contributed by atoms with Crippen LogP contribution in [0.15, 0.2) is 12.1 Å².